The first kappa shape index (κ1) is 31.2. The fourth-order valence-corrected chi connectivity index (χ4v) is 5.91. The van der Waals surface area contributed by atoms with E-state index in [1.54, 1.807) is 7.11 Å². The van der Waals surface area contributed by atoms with Gasteiger partial charge in [0.25, 0.3) is 0 Å². The number of ether oxygens (including phenoxy) is 2. The van der Waals surface area contributed by atoms with Gasteiger partial charge >= 0.3 is 0 Å². The van der Waals surface area contributed by atoms with E-state index in [4.69, 9.17) is 12.2 Å². The summed E-state index contributed by atoms with van der Waals surface area (Å²) < 4.78 is 29.0. The lowest BCUT2D eigenvalue weighted by atomic mass is 9.94. The fourth-order valence-electron chi connectivity index (χ4n) is 5.91. The zero-order chi connectivity index (χ0) is 34.6. The Labute approximate surface area is 282 Å². The average Bonchev–Trinajstić information content (AvgIpc) is 3.09. The van der Waals surface area contributed by atoms with Crippen molar-refractivity contribution in [3.05, 3.63) is 119 Å². The van der Waals surface area contributed by atoms with E-state index in [0.29, 0.717) is 39.0 Å². The van der Waals surface area contributed by atoms with Crippen molar-refractivity contribution in [1.82, 2.24) is 15.5 Å². The molecule has 0 radical (unpaired) electrons. The van der Waals surface area contributed by atoms with Crippen LogP contribution in [0.1, 0.15) is 50.6 Å². The number of benzene rings is 5. The van der Waals surface area contributed by atoms with Crippen molar-refractivity contribution in [3.63, 3.8) is 0 Å². The van der Waals surface area contributed by atoms with Crippen LogP contribution in [-0.4, -0.2) is 51.2 Å². The van der Waals surface area contributed by atoms with E-state index in [2.05, 4.69) is 84.1 Å². The van der Waals surface area contributed by atoms with Gasteiger partial charge < -0.3 is 20.1 Å². The summed E-state index contributed by atoms with van der Waals surface area (Å²) in [7, 11) is 3.77. The monoisotopic (exact) mass is 633 g/mol. The maximum absolute atomic E-state index is 12.4. The third-order valence-corrected chi connectivity index (χ3v) is 8.38. The van der Waals surface area contributed by atoms with Crippen LogP contribution >= 0.6 is 0 Å². The third-order valence-electron chi connectivity index (χ3n) is 8.38. The molecule has 0 aliphatic carbocycles. The number of methoxy groups -OCH3 is 1. The largest absolute Gasteiger partial charge is 0.496 e. The van der Waals surface area contributed by atoms with Crippen LogP contribution in [0.15, 0.2) is 97.1 Å². The number of hydrogen-bond donors (Lipinski definition) is 2. The van der Waals surface area contributed by atoms with Gasteiger partial charge in [-0.1, -0.05) is 84.4 Å². The van der Waals surface area contributed by atoms with Crippen molar-refractivity contribution < 1.29 is 17.0 Å². The Bertz CT molecular complexity index is 1770. The summed E-state index contributed by atoms with van der Waals surface area (Å²) in [4.78, 5) is 14.6. The van der Waals surface area contributed by atoms with E-state index in [1.165, 1.54) is 11.1 Å². The number of carbonyl (C=O) groups is 1. The molecule has 0 aromatic heterocycles. The predicted octanol–water partition coefficient (Wildman–Crippen LogP) is 7.83. The maximum Gasteiger partial charge on any atom is 0.220 e. The molecule has 5 aromatic carbocycles. The number of nitrogens with zero attached hydrogens (tertiary/aromatic N) is 1. The molecule has 0 aliphatic rings. The molecule has 246 valence electrons. The standard InChI is InChI=1S/C41H49N3O3/c1-31-17-19-32(20-18-31)29-44(2)30-35-21-22-36(28-40(35)46-3)47-26-9-16-41(45)43-25-10-24-42-23-8-15-39-37-13-6-4-11-33(37)27-34-12-5-7-14-38(34)39/h4-7,11-14,17-22,27-28,42H,8-10,15-16,23-26,29-30H2,1-3H3,(H,43,45)/i8D2. The van der Waals surface area contributed by atoms with Crippen molar-refractivity contribution in [2.45, 2.75) is 52.1 Å². The van der Waals surface area contributed by atoms with E-state index in [-0.39, 0.29) is 12.5 Å². The van der Waals surface area contributed by atoms with Gasteiger partial charge in [0.05, 0.1) is 13.7 Å². The van der Waals surface area contributed by atoms with Gasteiger partial charge in [0.1, 0.15) is 11.5 Å². The number of fused-ring (bicyclic) bond motifs is 2. The predicted molar refractivity (Wildman–Crippen MR) is 194 cm³/mol. The summed E-state index contributed by atoms with van der Waals surface area (Å²) in [5.74, 6) is 1.50. The minimum atomic E-state index is -1.42. The van der Waals surface area contributed by atoms with Gasteiger partial charge in [-0.25, -0.2) is 0 Å². The second-order valence-electron chi connectivity index (χ2n) is 12.2. The molecule has 6 heteroatoms. The molecular weight excluding hydrogens is 582 g/mol. The molecule has 1 amide bonds. The molecule has 0 heterocycles. The molecule has 0 saturated heterocycles. The van der Waals surface area contributed by atoms with Crippen LogP contribution in [-0.2, 0) is 24.3 Å². The SMILES string of the molecule is [2H]C([2H])(CNCCCNC(=O)CCCOc1ccc(CN(C)Cc2ccc(C)cc2)c(OC)c1)Cc1c2ccccc2cc2ccccc12. The Kier molecular flexibility index (Phi) is 11.6. The minimum absolute atomic E-state index is 0.00805. The van der Waals surface area contributed by atoms with Gasteiger partial charge in [0.15, 0.2) is 0 Å². The normalized spacial score (nSPS) is 12.3. The molecule has 0 atom stereocenters. The second-order valence-corrected chi connectivity index (χ2v) is 12.2. The summed E-state index contributed by atoms with van der Waals surface area (Å²) >= 11 is 0. The zero-order valence-corrected chi connectivity index (χ0v) is 28.0. The second kappa shape index (κ2) is 17.5. The maximum atomic E-state index is 12.4. The highest BCUT2D eigenvalue weighted by molar-refractivity contribution is 6.02. The van der Waals surface area contributed by atoms with E-state index in [9.17, 15) is 4.79 Å². The van der Waals surface area contributed by atoms with Crippen LogP contribution in [0.25, 0.3) is 21.5 Å². The molecule has 5 rings (SSSR count). The smallest absolute Gasteiger partial charge is 0.220 e. The molecule has 47 heavy (non-hydrogen) atoms. The number of hydrogen-bond acceptors (Lipinski definition) is 5. The molecular formula is C41H49N3O3. The molecule has 0 bridgehead atoms. The van der Waals surface area contributed by atoms with Gasteiger partial charge in [-0.05, 0) is 97.5 Å². The van der Waals surface area contributed by atoms with Gasteiger partial charge in [0.2, 0.25) is 5.91 Å². The van der Waals surface area contributed by atoms with Crippen LogP contribution in [0.5, 0.6) is 11.5 Å². The Balaban J connectivity index is 0.973. The topological polar surface area (TPSA) is 62.8 Å². The van der Waals surface area contributed by atoms with E-state index in [1.807, 2.05) is 42.5 Å². The van der Waals surface area contributed by atoms with Gasteiger partial charge in [-0.15, -0.1) is 0 Å². The Morgan fingerprint density at radius 3 is 2.28 bits per heavy atom. The fraction of sp³-hybridized carbons (Fsp3) is 0.341. The van der Waals surface area contributed by atoms with Crippen LogP contribution in [0.3, 0.4) is 0 Å². The number of carbonyl (C=O) groups excluding carboxylic acids is 1. The first-order valence-corrected chi connectivity index (χ1v) is 16.6. The van der Waals surface area contributed by atoms with E-state index < -0.39 is 6.37 Å². The first-order valence-electron chi connectivity index (χ1n) is 17.6. The molecule has 0 spiro atoms. The molecule has 0 saturated carbocycles. The molecule has 6 nitrogen and oxygen atoms in total. The number of amides is 1. The lowest BCUT2D eigenvalue weighted by Crippen LogP contribution is -2.27. The molecule has 0 unspecified atom stereocenters. The summed E-state index contributed by atoms with van der Waals surface area (Å²) in [6.07, 6.45) is 0.619. The first-order chi connectivity index (χ1) is 23.7. The number of nitrogens with one attached hydrogen (secondary N) is 2. The minimum Gasteiger partial charge on any atom is -0.496 e. The van der Waals surface area contributed by atoms with E-state index in [0.717, 1.165) is 63.7 Å². The molecule has 0 aliphatic heterocycles. The quantitative estimate of drug-likeness (QED) is 0.0761. The van der Waals surface area contributed by atoms with Crippen molar-refractivity contribution in [2.75, 3.05) is 40.4 Å². The lowest BCUT2D eigenvalue weighted by Gasteiger charge is -2.19. The Hall–Kier alpha value is -4.39. The Morgan fingerprint density at radius 2 is 1.55 bits per heavy atom. The van der Waals surface area contributed by atoms with Gasteiger partial charge in [-0.3, -0.25) is 9.69 Å². The van der Waals surface area contributed by atoms with Crippen LogP contribution in [0.2, 0.25) is 0 Å². The van der Waals surface area contributed by atoms with Crippen molar-refractivity contribution in [1.29, 1.82) is 0 Å². The van der Waals surface area contributed by atoms with Crippen molar-refractivity contribution >= 4 is 27.5 Å². The van der Waals surface area contributed by atoms with Crippen LogP contribution < -0.4 is 20.1 Å². The molecule has 5 aromatic rings. The third kappa shape index (κ3) is 10.0. The lowest BCUT2D eigenvalue weighted by molar-refractivity contribution is -0.121. The number of rotatable bonds is 18. The Morgan fingerprint density at radius 1 is 0.830 bits per heavy atom. The molecule has 2 N–H and O–H groups in total. The average molecular weight is 634 g/mol. The summed E-state index contributed by atoms with van der Waals surface area (Å²) in [6.45, 7) is 5.54. The van der Waals surface area contributed by atoms with Gasteiger partial charge in [0, 0.05) is 40.4 Å². The summed E-state index contributed by atoms with van der Waals surface area (Å²) in [5.41, 5.74) is 4.67. The van der Waals surface area contributed by atoms with Gasteiger partial charge in [-0.2, -0.15) is 0 Å². The number of aryl methyl sites for hydroxylation is 2. The van der Waals surface area contributed by atoms with Crippen LogP contribution in [0.4, 0.5) is 0 Å². The van der Waals surface area contributed by atoms with E-state index >= 15 is 0 Å². The highest BCUT2D eigenvalue weighted by atomic mass is 16.5. The zero-order valence-electron chi connectivity index (χ0n) is 30.0. The highest BCUT2D eigenvalue weighted by Gasteiger charge is 2.10. The van der Waals surface area contributed by atoms with Crippen molar-refractivity contribution in [2.24, 2.45) is 0 Å². The summed E-state index contributed by atoms with van der Waals surface area (Å²) in [5, 5.41) is 10.7. The van der Waals surface area contributed by atoms with Crippen molar-refractivity contribution in [3.8, 4) is 11.5 Å². The summed E-state index contributed by atoms with van der Waals surface area (Å²) in [6, 6.07) is 33.1. The molecule has 0 fully saturated rings. The van der Waals surface area contributed by atoms with Crippen LogP contribution in [0, 0.1) is 6.92 Å². The highest BCUT2D eigenvalue weighted by Crippen LogP contribution is 2.29.